The zero-order valence-corrected chi connectivity index (χ0v) is 5.86. The van der Waals surface area contributed by atoms with Crippen molar-refractivity contribution in [1.29, 1.82) is 0 Å². The SMILES string of the molecule is C1C[I-]CCN1. The van der Waals surface area contributed by atoms with Crippen molar-refractivity contribution in [3.05, 3.63) is 0 Å². The predicted octanol–water partition coefficient (Wildman–Crippen LogP) is -3.32. The van der Waals surface area contributed by atoms with E-state index in [1.54, 1.807) is 0 Å². The molecule has 0 aromatic carbocycles. The fourth-order valence-electron chi connectivity index (χ4n) is 0.487. The Balaban J connectivity index is 2.00. The van der Waals surface area contributed by atoms with E-state index < -0.39 is 0 Å². The molecule has 2 heteroatoms. The first kappa shape index (κ1) is 4.84. The van der Waals surface area contributed by atoms with E-state index in [0.717, 1.165) is 0 Å². The number of alkyl halides is 2. The molecule has 0 spiro atoms. The quantitative estimate of drug-likeness (QED) is 0.317. The van der Waals surface area contributed by atoms with Gasteiger partial charge in [-0.15, -0.1) is 0 Å². The zero-order valence-electron chi connectivity index (χ0n) is 3.71. The summed E-state index contributed by atoms with van der Waals surface area (Å²) >= 11 is 0.652. The maximum atomic E-state index is 3.31. The molecule has 0 amide bonds. The van der Waals surface area contributed by atoms with E-state index in [9.17, 15) is 0 Å². The molecule has 1 fully saturated rings. The van der Waals surface area contributed by atoms with Crippen molar-refractivity contribution in [2.45, 2.75) is 0 Å². The second-order valence-electron chi connectivity index (χ2n) is 1.32. The Kier molecular flexibility index (Phi) is 2.26. The normalized spacial score (nSPS) is 25.3. The number of hydrogen-bond acceptors (Lipinski definition) is 1. The molecule has 1 heterocycles. The summed E-state index contributed by atoms with van der Waals surface area (Å²) in [5.41, 5.74) is 0. The summed E-state index contributed by atoms with van der Waals surface area (Å²) < 4.78 is 3.00. The summed E-state index contributed by atoms with van der Waals surface area (Å²) in [4.78, 5) is 0. The third-order valence-electron chi connectivity index (χ3n) is 0.810. The number of halogens is 1. The Hall–Kier alpha value is 0.690. The average Bonchev–Trinajstić information content (AvgIpc) is 1.72. The Morgan fingerprint density at radius 1 is 1.17 bits per heavy atom. The first-order valence-corrected chi connectivity index (χ1v) is 5.29. The van der Waals surface area contributed by atoms with E-state index in [0.29, 0.717) is 21.2 Å². The Bertz CT molecular complexity index is 23.0. The van der Waals surface area contributed by atoms with Gasteiger partial charge in [-0.1, -0.05) is 0 Å². The van der Waals surface area contributed by atoms with Crippen LogP contribution in [0.4, 0.5) is 0 Å². The molecule has 0 bridgehead atoms. The molecule has 0 aromatic heterocycles. The van der Waals surface area contributed by atoms with Crippen LogP contribution in [0.2, 0.25) is 0 Å². The second-order valence-corrected chi connectivity index (χ2v) is 4.55. The third kappa shape index (κ3) is 1.43. The zero-order chi connectivity index (χ0) is 4.24. The Labute approximate surface area is 48.8 Å². The van der Waals surface area contributed by atoms with E-state index in [-0.39, 0.29) is 0 Å². The van der Waals surface area contributed by atoms with Crippen LogP contribution in [0.5, 0.6) is 0 Å². The molecule has 0 unspecified atom stereocenters. The van der Waals surface area contributed by atoms with Crippen LogP contribution < -0.4 is 26.5 Å². The Morgan fingerprint density at radius 2 is 1.83 bits per heavy atom. The standard InChI is InChI=1S/C4H9IN/c1-3-6-4-2-5-1/h6H,1-4H2/q-1. The van der Waals surface area contributed by atoms with E-state index in [4.69, 9.17) is 0 Å². The van der Waals surface area contributed by atoms with Crippen LogP contribution in [0.25, 0.3) is 0 Å². The maximum absolute atomic E-state index is 3.31. The molecular formula is C4H9IN-. The van der Waals surface area contributed by atoms with Crippen molar-refractivity contribution in [2.75, 3.05) is 21.9 Å². The van der Waals surface area contributed by atoms with Crippen LogP contribution in [-0.2, 0) is 0 Å². The fourth-order valence-corrected chi connectivity index (χ4v) is 2.55. The summed E-state index contributed by atoms with van der Waals surface area (Å²) in [6.45, 7) is 2.60. The molecule has 1 N–H and O–H groups in total. The third-order valence-corrected chi connectivity index (χ3v) is 3.41. The van der Waals surface area contributed by atoms with E-state index >= 15 is 0 Å². The molecule has 1 aliphatic heterocycles. The number of hydrogen-bond donors (Lipinski definition) is 1. The van der Waals surface area contributed by atoms with Crippen molar-refractivity contribution in [3.8, 4) is 0 Å². The molecule has 1 aliphatic rings. The first-order chi connectivity index (χ1) is 3.00. The fraction of sp³-hybridized carbons (Fsp3) is 1.00. The summed E-state index contributed by atoms with van der Waals surface area (Å²) in [6, 6.07) is 0. The Morgan fingerprint density at radius 3 is 2.00 bits per heavy atom. The topological polar surface area (TPSA) is 12.0 Å². The molecule has 1 nitrogen and oxygen atoms in total. The van der Waals surface area contributed by atoms with Gasteiger partial charge in [-0.3, -0.25) is 0 Å². The molecule has 0 aromatic rings. The number of rotatable bonds is 0. The van der Waals surface area contributed by atoms with Crippen LogP contribution in [0.3, 0.4) is 0 Å². The van der Waals surface area contributed by atoms with E-state index in [1.165, 1.54) is 21.9 Å². The molecule has 0 radical (unpaired) electrons. The van der Waals surface area contributed by atoms with Gasteiger partial charge in [0.25, 0.3) is 0 Å². The van der Waals surface area contributed by atoms with Gasteiger partial charge in [0.2, 0.25) is 0 Å². The van der Waals surface area contributed by atoms with Crippen molar-refractivity contribution in [2.24, 2.45) is 0 Å². The minimum absolute atomic E-state index is 0.652. The summed E-state index contributed by atoms with van der Waals surface area (Å²) in [6.07, 6.45) is 0. The van der Waals surface area contributed by atoms with Crippen molar-refractivity contribution >= 4 is 0 Å². The van der Waals surface area contributed by atoms with Crippen LogP contribution in [0.1, 0.15) is 0 Å². The van der Waals surface area contributed by atoms with Crippen LogP contribution >= 0.6 is 0 Å². The van der Waals surface area contributed by atoms with Gasteiger partial charge in [0, 0.05) is 0 Å². The van der Waals surface area contributed by atoms with E-state index in [1.807, 2.05) is 0 Å². The van der Waals surface area contributed by atoms with Gasteiger partial charge in [0.05, 0.1) is 0 Å². The number of nitrogens with one attached hydrogen (secondary N) is 1. The molecule has 0 atom stereocenters. The molecular weight excluding hydrogens is 189 g/mol. The van der Waals surface area contributed by atoms with Crippen molar-refractivity contribution in [1.82, 2.24) is 5.32 Å². The molecule has 1 rings (SSSR count). The van der Waals surface area contributed by atoms with Gasteiger partial charge in [-0.25, -0.2) is 0 Å². The van der Waals surface area contributed by atoms with Gasteiger partial charge in [-0.05, 0) is 0 Å². The van der Waals surface area contributed by atoms with Crippen LogP contribution in [-0.4, -0.2) is 21.9 Å². The van der Waals surface area contributed by atoms with Gasteiger partial charge in [-0.2, -0.15) is 0 Å². The summed E-state index contributed by atoms with van der Waals surface area (Å²) in [7, 11) is 0. The van der Waals surface area contributed by atoms with Gasteiger partial charge in [0.1, 0.15) is 0 Å². The minimum atomic E-state index is 0.652. The molecule has 0 aliphatic carbocycles. The average molecular weight is 198 g/mol. The van der Waals surface area contributed by atoms with E-state index in [2.05, 4.69) is 5.32 Å². The molecule has 6 heavy (non-hydrogen) atoms. The molecule has 38 valence electrons. The molecule has 0 saturated carbocycles. The van der Waals surface area contributed by atoms with Crippen LogP contribution in [0.15, 0.2) is 0 Å². The first-order valence-electron chi connectivity index (χ1n) is 2.24. The summed E-state index contributed by atoms with van der Waals surface area (Å²) in [5, 5.41) is 3.31. The van der Waals surface area contributed by atoms with Crippen molar-refractivity contribution in [3.63, 3.8) is 0 Å². The van der Waals surface area contributed by atoms with Crippen molar-refractivity contribution < 1.29 is 21.2 Å². The van der Waals surface area contributed by atoms with Gasteiger partial charge >= 0.3 is 48.5 Å². The molecule has 1 saturated heterocycles. The second kappa shape index (κ2) is 2.80. The monoisotopic (exact) mass is 198 g/mol. The van der Waals surface area contributed by atoms with Gasteiger partial charge < -0.3 is 0 Å². The summed E-state index contributed by atoms with van der Waals surface area (Å²) in [5.74, 6) is 0. The van der Waals surface area contributed by atoms with Crippen LogP contribution in [0, 0.1) is 0 Å². The predicted molar refractivity (Wildman–Crippen MR) is 22.6 cm³/mol. The van der Waals surface area contributed by atoms with Gasteiger partial charge in [0.15, 0.2) is 0 Å².